The maximum Gasteiger partial charge on any atom is 0.272 e. The van der Waals surface area contributed by atoms with Gasteiger partial charge in [-0.2, -0.15) is 5.26 Å². The van der Waals surface area contributed by atoms with Gasteiger partial charge in [0.15, 0.2) is 0 Å². The second-order valence-electron chi connectivity index (χ2n) is 8.06. The molecule has 0 spiro atoms. The topological polar surface area (TPSA) is 116 Å². The van der Waals surface area contributed by atoms with Crippen LogP contribution in [0, 0.1) is 11.3 Å². The maximum absolute atomic E-state index is 13.0. The number of H-pyrrole nitrogens is 1. The lowest BCUT2D eigenvalue weighted by Gasteiger charge is -2.11. The number of benzene rings is 3. The summed E-state index contributed by atoms with van der Waals surface area (Å²) in [5.74, 6) is -0.114. The van der Waals surface area contributed by atoms with Gasteiger partial charge in [-0.1, -0.05) is 41.9 Å². The first kappa shape index (κ1) is 22.9. The molecule has 0 saturated carbocycles. The van der Waals surface area contributed by atoms with Crippen LogP contribution in [0.2, 0.25) is 5.02 Å². The van der Waals surface area contributed by atoms with E-state index in [2.05, 4.69) is 20.6 Å². The molecule has 3 N–H and O–H groups in total. The van der Waals surface area contributed by atoms with Gasteiger partial charge in [0, 0.05) is 39.9 Å². The first-order valence-corrected chi connectivity index (χ1v) is 11.3. The number of anilines is 3. The lowest BCUT2D eigenvalue weighted by Crippen LogP contribution is -2.17. The molecular formula is C27H19ClN6O2. The van der Waals surface area contributed by atoms with Crippen LogP contribution in [0.3, 0.4) is 0 Å². The van der Waals surface area contributed by atoms with E-state index in [9.17, 15) is 14.9 Å². The van der Waals surface area contributed by atoms with Crippen LogP contribution in [-0.2, 0) is 7.05 Å². The molecule has 5 aromatic rings. The number of carbonyl (C=O) groups excluding carboxylic acids is 1. The van der Waals surface area contributed by atoms with Gasteiger partial charge in [-0.3, -0.25) is 14.6 Å². The van der Waals surface area contributed by atoms with Gasteiger partial charge in [0.25, 0.3) is 11.5 Å². The molecule has 2 aromatic heterocycles. The Labute approximate surface area is 210 Å². The second kappa shape index (κ2) is 9.41. The molecule has 0 saturated heterocycles. The van der Waals surface area contributed by atoms with Crippen molar-refractivity contribution in [2.45, 2.75) is 0 Å². The highest BCUT2D eigenvalue weighted by Gasteiger charge is 2.16. The highest BCUT2D eigenvalue weighted by Crippen LogP contribution is 2.26. The van der Waals surface area contributed by atoms with Gasteiger partial charge in [0.1, 0.15) is 17.3 Å². The molecule has 0 bridgehead atoms. The van der Waals surface area contributed by atoms with Gasteiger partial charge < -0.3 is 15.2 Å². The molecule has 8 nitrogen and oxygen atoms in total. The number of nitrogens with one attached hydrogen (secondary N) is 3. The van der Waals surface area contributed by atoms with Gasteiger partial charge in [0.05, 0.1) is 5.69 Å². The number of aryl methyl sites for hydroxylation is 1. The first-order chi connectivity index (χ1) is 17.4. The zero-order chi connectivity index (χ0) is 25.2. The van der Waals surface area contributed by atoms with E-state index in [0.717, 1.165) is 10.9 Å². The fourth-order valence-electron chi connectivity index (χ4n) is 3.96. The smallest absolute Gasteiger partial charge is 0.272 e. The monoisotopic (exact) mass is 494 g/mol. The second-order valence-corrected chi connectivity index (χ2v) is 8.50. The van der Waals surface area contributed by atoms with E-state index >= 15 is 0 Å². The van der Waals surface area contributed by atoms with Crippen molar-refractivity contribution in [1.29, 1.82) is 5.26 Å². The third-order valence-corrected chi connectivity index (χ3v) is 5.97. The third kappa shape index (κ3) is 4.43. The number of rotatable bonds is 5. The minimum absolute atomic E-state index is 0.131. The van der Waals surface area contributed by atoms with Crippen molar-refractivity contribution in [2.24, 2.45) is 7.05 Å². The maximum atomic E-state index is 13.0. The zero-order valence-corrected chi connectivity index (χ0v) is 19.8. The summed E-state index contributed by atoms with van der Waals surface area (Å²) in [5.41, 5.74) is 2.60. The average Bonchev–Trinajstić information content (AvgIpc) is 3.22. The van der Waals surface area contributed by atoms with Gasteiger partial charge >= 0.3 is 0 Å². The van der Waals surface area contributed by atoms with Crippen LogP contribution in [0.25, 0.3) is 22.2 Å². The molecule has 0 unspecified atom stereocenters. The summed E-state index contributed by atoms with van der Waals surface area (Å²) in [6, 6.07) is 25.2. The summed E-state index contributed by atoms with van der Waals surface area (Å²) >= 11 is 5.94. The van der Waals surface area contributed by atoms with Crippen LogP contribution in [0.15, 0.2) is 83.7 Å². The number of fused-ring (bicyclic) bond motifs is 1. The molecule has 9 heteroatoms. The number of aromatic amines is 1. The van der Waals surface area contributed by atoms with Crippen LogP contribution >= 0.6 is 11.6 Å². The molecule has 0 aliphatic heterocycles. The molecule has 1 amide bonds. The molecular weight excluding hydrogens is 476 g/mol. The van der Waals surface area contributed by atoms with Crippen LogP contribution in [0.4, 0.5) is 17.3 Å². The summed E-state index contributed by atoms with van der Waals surface area (Å²) in [7, 11) is 1.84. The van der Waals surface area contributed by atoms with Crippen LogP contribution in [0.5, 0.6) is 0 Å². The molecule has 0 radical (unpaired) electrons. The lowest BCUT2D eigenvalue weighted by molar-refractivity contribution is 0.102. The Morgan fingerprint density at radius 1 is 1.03 bits per heavy atom. The molecule has 0 fully saturated rings. The molecule has 36 heavy (non-hydrogen) atoms. The third-order valence-electron chi connectivity index (χ3n) is 5.72. The number of nitrogens with zero attached hydrogens (tertiary/aromatic N) is 3. The number of carbonyl (C=O) groups is 1. The van der Waals surface area contributed by atoms with Crippen LogP contribution < -0.4 is 16.2 Å². The van der Waals surface area contributed by atoms with E-state index in [1.54, 1.807) is 48.5 Å². The van der Waals surface area contributed by atoms with Crippen molar-refractivity contribution >= 4 is 45.7 Å². The van der Waals surface area contributed by atoms with E-state index in [-0.39, 0.29) is 23.1 Å². The number of halogens is 1. The summed E-state index contributed by atoms with van der Waals surface area (Å²) in [6.45, 7) is 0. The molecule has 0 aliphatic rings. The predicted molar refractivity (Wildman–Crippen MR) is 141 cm³/mol. The SMILES string of the molecule is Cn1c(C(=O)Nc2cccc(-c3nc(Nc4ccc(Cl)cc4)[nH]c(=O)c3C#N)c2)cc2ccccc21. The Morgan fingerprint density at radius 3 is 2.56 bits per heavy atom. The van der Waals surface area contributed by atoms with Gasteiger partial charge in [-0.15, -0.1) is 0 Å². The molecule has 0 atom stereocenters. The lowest BCUT2D eigenvalue weighted by atomic mass is 10.1. The van der Waals surface area contributed by atoms with Gasteiger partial charge in [-0.25, -0.2) is 4.98 Å². The predicted octanol–water partition coefficient (Wildman–Crippen LogP) is 5.45. The minimum atomic E-state index is -0.580. The van der Waals surface area contributed by atoms with Crippen LogP contribution in [-0.4, -0.2) is 20.4 Å². The Bertz CT molecular complexity index is 1710. The summed E-state index contributed by atoms with van der Waals surface area (Å²) in [5, 5.41) is 17.1. The van der Waals surface area contributed by atoms with Gasteiger partial charge in [-0.05, 0) is 48.5 Å². The Morgan fingerprint density at radius 2 is 1.81 bits per heavy atom. The van der Waals surface area contributed by atoms with Crippen molar-refractivity contribution < 1.29 is 4.79 Å². The average molecular weight is 495 g/mol. The van der Waals surface area contributed by atoms with Crippen LogP contribution in [0.1, 0.15) is 16.1 Å². The fraction of sp³-hybridized carbons (Fsp3) is 0.0370. The standard InChI is InChI=1S/C27H19ClN6O2/c1-34-22-8-3-2-5-16(22)14-23(34)26(36)30-20-7-4-6-17(13-20)24-21(15-29)25(35)33-27(32-24)31-19-11-9-18(28)10-12-19/h2-14H,1H3,(H,30,36)(H2,31,32,33,35). The Hall–Kier alpha value is -4.87. The van der Waals surface area contributed by atoms with E-state index in [1.165, 1.54) is 0 Å². The highest BCUT2D eigenvalue weighted by atomic mass is 35.5. The normalized spacial score (nSPS) is 10.7. The largest absolute Gasteiger partial charge is 0.340 e. The number of nitriles is 1. The summed E-state index contributed by atoms with van der Waals surface area (Å²) < 4.78 is 1.83. The molecule has 5 rings (SSSR count). The molecule has 0 aliphatic carbocycles. The molecule has 3 aromatic carbocycles. The van der Waals surface area contributed by atoms with E-state index < -0.39 is 5.56 Å². The number of hydrogen-bond acceptors (Lipinski definition) is 5. The fourth-order valence-corrected chi connectivity index (χ4v) is 4.09. The number of para-hydroxylation sites is 1. The highest BCUT2D eigenvalue weighted by molar-refractivity contribution is 6.30. The van der Waals surface area contributed by atoms with Crippen molar-refractivity contribution in [3.05, 3.63) is 105 Å². The number of hydrogen-bond donors (Lipinski definition) is 3. The summed E-state index contributed by atoms with van der Waals surface area (Å²) in [6.07, 6.45) is 0. The molecule has 2 heterocycles. The number of aromatic nitrogens is 3. The Kier molecular flexibility index (Phi) is 5.98. The zero-order valence-electron chi connectivity index (χ0n) is 19.0. The summed E-state index contributed by atoms with van der Waals surface area (Å²) in [4.78, 5) is 32.7. The van der Waals surface area contributed by atoms with Gasteiger partial charge in [0.2, 0.25) is 5.95 Å². The van der Waals surface area contributed by atoms with Crippen molar-refractivity contribution in [1.82, 2.24) is 14.5 Å². The number of amides is 1. The van der Waals surface area contributed by atoms with Crippen molar-refractivity contribution in [2.75, 3.05) is 10.6 Å². The van der Waals surface area contributed by atoms with E-state index in [0.29, 0.717) is 27.7 Å². The quantitative estimate of drug-likeness (QED) is 0.300. The van der Waals surface area contributed by atoms with E-state index in [1.807, 2.05) is 48.0 Å². The Balaban J connectivity index is 1.47. The van der Waals surface area contributed by atoms with E-state index in [4.69, 9.17) is 11.6 Å². The van der Waals surface area contributed by atoms with Crippen molar-refractivity contribution in [3.8, 4) is 17.3 Å². The minimum Gasteiger partial charge on any atom is -0.340 e. The van der Waals surface area contributed by atoms with Crippen molar-refractivity contribution in [3.63, 3.8) is 0 Å². The first-order valence-electron chi connectivity index (χ1n) is 11.0. The molecule has 176 valence electrons.